The average Bonchev–Trinajstić information content (AvgIpc) is 2.89. The first-order valence-electron chi connectivity index (χ1n) is 6.35. The Morgan fingerprint density at radius 3 is 2.53 bits per heavy atom. The molecular formula is C14H17NO4. The van der Waals surface area contributed by atoms with Gasteiger partial charge in [-0.05, 0) is 24.8 Å². The molecule has 5 heteroatoms. The van der Waals surface area contributed by atoms with Crippen molar-refractivity contribution in [3.63, 3.8) is 0 Å². The predicted molar refractivity (Wildman–Crippen MR) is 67.8 cm³/mol. The van der Waals surface area contributed by atoms with Crippen LogP contribution in [0.5, 0.6) is 0 Å². The van der Waals surface area contributed by atoms with Crippen molar-refractivity contribution < 1.29 is 19.5 Å². The van der Waals surface area contributed by atoms with Gasteiger partial charge < -0.3 is 5.11 Å². The smallest absolute Gasteiger partial charge is 0.306 e. The van der Waals surface area contributed by atoms with Crippen LogP contribution in [-0.4, -0.2) is 17.0 Å². The van der Waals surface area contributed by atoms with Gasteiger partial charge in [0.1, 0.15) is 0 Å². The van der Waals surface area contributed by atoms with Gasteiger partial charge in [0.05, 0.1) is 12.5 Å². The van der Waals surface area contributed by atoms with E-state index in [9.17, 15) is 9.59 Å². The van der Waals surface area contributed by atoms with Gasteiger partial charge in [-0.15, -0.1) is 0 Å². The number of carbonyl (C=O) groups is 2. The van der Waals surface area contributed by atoms with Crippen molar-refractivity contribution in [1.82, 2.24) is 5.48 Å². The number of carboxylic acids is 1. The van der Waals surface area contributed by atoms with Crippen LogP contribution in [0, 0.1) is 11.8 Å². The van der Waals surface area contributed by atoms with E-state index in [0.29, 0.717) is 25.9 Å². The third-order valence-corrected chi connectivity index (χ3v) is 3.41. The molecular weight excluding hydrogens is 246 g/mol. The zero-order valence-electron chi connectivity index (χ0n) is 10.5. The molecule has 0 aromatic heterocycles. The summed E-state index contributed by atoms with van der Waals surface area (Å²) in [5.74, 6) is -1.69. The minimum atomic E-state index is -0.819. The van der Waals surface area contributed by atoms with Gasteiger partial charge in [0, 0.05) is 5.92 Å². The Kier molecular flexibility index (Phi) is 4.52. The number of rotatable bonds is 5. The van der Waals surface area contributed by atoms with E-state index in [1.165, 1.54) is 0 Å². The number of aliphatic carboxylic acids is 1. The van der Waals surface area contributed by atoms with E-state index in [-0.39, 0.29) is 11.8 Å². The van der Waals surface area contributed by atoms with Gasteiger partial charge in [0.15, 0.2) is 0 Å². The summed E-state index contributed by atoms with van der Waals surface area (Å²) >= 11 is 0. The lowest BCUT2D eigenvalue weighted by Crippen LogP contribution is -2.29. The molecule has 0 saturated heterocycles. The standard InChI is InChI=1S/C14H17NO4/c16-13(11-6-7-12(8-11)14(17)18)15-19-9-10-4-2-1-3-5-10/h1-5,11-12H,6-9H2,(H,15,16)(H,17,18). The van der Waals surface area contributed by atoms with E-state index in [4.69, 9.17) is 9.94 Å². The Balaban J connectivity index is 1.72. The zero-order chi connectivity index (χ0) is 13.7. The van der Waals surface area contributed by atoms with Crippen molar-refractivity contribution in [2.45, 2.75) is 25.9 Å². The molecule has 0 heterocycles. The maximum Gasteiger partial charge on any atom is 0.306 e. The van der Waals surface area contributed by atoms with Crippen molar-refractivity contribution in [3.8, 4) is 0 Å². The number of amides is 1. The Hall–Kier alpha value is -1.88. The van der Waals surface area contributed by atoms with Gasteiger partial charge >= 0.3 is 5.97 Å². The highest BCUT2D eigenvalue weighted by Gasteiger charge is 2.33. The number of benzene rings is 1. The van der Waals surface area contributed by atoms with E-state index >= 15 is 0 Å². The van der Waals surface area contributed by atoms with Crippen LogP contribution >= 0.6 is 0 Å². The SMILES string of the molecule is O=C(O)C1CCC(C(=O)NOCc2ccccc2)C1. The van der Waals surface area contributed by atoms with Gasteiger partial charge in [0.25, 0.3) is 0 Å². The zero-order valence-corrected chi connectivity index (χ0v) is 10.5. The van der Waals surface area contributed by atoms with E-state index in [1.807, 2.05) is 30.3 Å². The molecule has 1 aliphatic carbocycles. The molecule has 102 valence electrons. The Morgan fingerprint density at radius 2 is 1.89 bits per heavy atom. The van der Waals surface area contributed by atoms with Crippen molar-refractivity contribution >= 4 is 11.9 Å². The summed E-state index contributed by atoms with van der Waals surface area (Å²) in [6, 6.07) is 9.51. The number of hydroxylamine groups is 1. The lowest BCUT2D eigenvalue weighted by molar-refractivity contribution is -0.142. The summed E-state index contributed by atoms with van der Waals surface area (Å²) in [4.78, 5) is 27.7. The molecule has 1 fully saturated rings. The summed E-state index contributed by atoms with van der Waals surface area (Å²) in [6.45, 7) is 0.307. The normalized spacial score (nSPS) is 22.1. The van der Waals surface area contributed by atoms with Crippen LogP contribution < -0.4 is 5.48 Å². The van der Waals surface area contributed by atoms with Crippen LogP contribution in [0.4, 0.5) is 0 Å². The van der Waals surface area contributed by atoms with Crippen molar-refractivity contribution in [2.24, 2.45) is 11.8 Å². The predicted octanol–water partition coefficient (Wildman–Crippen LogP) is 1.74. The third kappa shape index (κ3) is 3.79. The minimum Gasteiger partial charge on any atom is -0.481 e. The first kappa shape index (κ1) is 13.5. The summed E-state index contributed by atoms with van der Waals surface area (Å²) in [5, 5.41) is 8.87. The van der Waals surface area contributed by atoms with Crippen molar-refractivity contribution in [2.75, 3.05) is 0 Å². The molecule has 1 saturated carbocycles. The van der Waals surface area contributed by atoms with Gasteiger partial charge in [-0.3, -0.25) is 14.4 Å². The largest absolute Gasteiger partial charge is 0.481 e. The van der Waals surface area contributed by atoms with Crippen LogP contribution in [0.1, 0.15) is 24.8 Å². The molecule has 2 rings (SSSR count). The van der Waals surface area contributed by atoms with Crippen LogP contribution in [0.2, 0.25) is 0 Å². The minimum absolute atomic E-state index is 0.223. The fourth-order valence-corrected chi connectivity index (χ4v) is 2.29. The molecule has 5 nitrogen and oxygen atoms in total. The second-order valence-corrected chi connectivity index (χ2v) is 4.79. The first-order chi connectivity index (χ1) is 9.16. The topological polar surface area (TPSA) is 75.6 Å². The Morgan fingerprint density at radius 1 is 1.21 bits per heavy atom. The summed E-state index contributed by atoms with van der Waals surface area (Å²) in [5.41, 5.74) is 3.37. The fraction of sp³-hybridized carbons (Fsp3) is 0.429. The monoisotopic (exact) mass is 263 g/mol. The van der Waals surface area contributed by atoms with E-state index < -0.39 is 11.9 Å². The molecule has 0 spiro atoms. The van der Waals surface area contributed by atoms with Gasteiger partial charge in [-0.1, -0.05) is 30.3 Å². The van der Waals surface area contributed by atoms with Gasteiger partial charge in [0.2, 0.25) is 5.91 Å². The van der Waals surface area contributed by atoms with Crippen LogP contribution in [0.3, 0.4) is 0 Å². The summed E-state index contributed by atoms with van der Waals surface area (Å²) in [7, 11) is 0. The molecule has 1 aliphatic rings. The molecule has 1 amide bonds. The summed E-state index contributed by atoms with van der Waals surface area (Å²) < 4.78 is 0. The molecule has 1 aromatic rings. The molecule has 1 aromatic carbocycles. The molecule has 19 heavy (non-hydrogen) atoms. The first-order valence-corrected chi connectivity index (χ1v) is 6.35. The highest BCUT2D eigenvalue weighted by atomic mass is 16.6. The number of nitrogens with one attached hydrogen (secondary N) is 1. The Bertz CT molecular complexity index is 446. The fourth-order valence-electron chi connectivity index (χ4n) is 2.29. The lowest BCUT2D eigenvalue weighted by atomic mass is 10.1. The summed E-state index contributed by atoms with van der Waals surface area (Å²) in [6.07, 6.45) is 1.57. The Labute approximate surface area is 111 Å². The quantitative estimate of drug-likeness (QED) is 0.793. The van der Waals surface area contributed by atoms with Crippen molar-refractivity contribution in [1.29, 1.82) is 0 Å². The van der Waals surface area contributed by atoms with Crippen LogP contribution in [0.25, 0.3) is 0 Å². The maximum atomic E-state index is 11.8. The second kappa shape index (κ2) is 6.33. The molecule has 0 bridgehead atoms. The van der Waals surface area contributed by atoms with Gasteiger partial charge in [-0.25, -0.2) is 5.48 Å². The lowest BCUT2D eigenvalue weighted by Gasteiger charge is -2.10. The molecule has 2 atom stereocenters. The average molecular weight is 263 g/mol. The third-order valence-electron chi connectivity index (χ3n) is 3.41. The van der Waals surface area contributed by atoms with E-state index in [1.54, 1.807) is 0 Å². The number of carboxylic acid groups (broad SMARTS) is 1. The molecule has 0 radical (unpaired) electrons. The highest BCUT2D eigenvalue weighted by molar-refractivity contribution is 5.80. The highest BCUT2D eigenvalue weighted by Crippen LogP contribution is 2.31. The number of hydrogen-bond donors (Lipinski definition) is 2. The number of carbonyl (C=O) groups excluding carboxylic acids is 1. The number of hydrogen-bond acceptors (Lipinski definition) is 3. The molecule has 2 N–H and O–H groups in total. The molecule has 0 aliphatic heterocycles. The molecule has 2 unspecified atom stereocenters. The maximum absolute atomic E-state index is 11.8. The van der Waals surface area contributed by atoms with Crippen LogP contribution in [-0.2, 0) is 21.0 Å². The second-order valence-electron chi connectivity index (χ2n) is 4.79. The van der Waals surface area contributed by atoms with E-state index in [0.717, 1.165) is 5.56 Å². The van der Waals surface area contributed by atoms with Crippen molar-refractivity contribution in [3.05, 3.63) is 35.9 Å². The van der Waals surface area contributed by atoms with Gasteiger partial charge in [-0.2, -0.15) is 0 Å². The van der Waals surface area contributed by atoms with E-state index in [2.05, 4.69) is 5.48 Å². The van der Waals surface area contributed by atoms with Crippen LogP contribution in [0.15, 0.2) is 30.3 Å².